The predicted octanol–water partition coefficient (Wildman–Crippen LogP) is 0.116. The van der Waals surface area contributed by atoms with Crippen LogP contribution in [0.1, 0.15) is 17.5 Å². The van der Waals surface area contributed by atoms with Crippen molar-refractivity contribution in [3.63, 3.8) is 0 Å². The Morgan fingerprint density at radius 3 is 2.17 bits per heavy atom. The fourth-order valence-electron chi connectivity index (χ4n) is 0.897. The van der Waals surface area contributed by atoms with Crippen LogP contribution in [-0.4, -0.2) is 26.0 Å². The summed E-state index contributed by atoms with van der Waals surface area (Å²) in [5, 5.41) is 8.45. The van der Waals surface area contributed by atoms with Gasteiger partial charge in [0, 0.05) is 0 Å². The molecular formula is C7H9N3O2. The van der Waals surface area contributed by atoms with Gasteiger partial charge in [0.1, 0.15) is 23.9 Å². The van der Waals surface area contributed by atoms with Crippen LogP contribution in [0, 0.1) is 13.8 Å². The molecule has 0 spiro atoms. The van der Waals surface area contributed by atoms with E-state index in [4.69, 9.17) is 5.11 Å². The Kier molecular flexibility index (Phi) is 2.32. The van der Waals surface area contributed by atoms with Crippen LogP contribution in [0.2, 0.25) is 0 Å². The van der Waals surface area contributed by atoms with Gasteiger partial charge in [-0.3, -0.25) is 4.79 Å². The molecule has 0 bridgehead atoms. The molecule has 1 rings (SSSR count). The maximum absolute atomic E-state index is 10.3. The van der Waals surface area contributed by atoms with Gasteiger partial charge in [-0.25, -0.2) is 15.0 Å². The first-order chi connectivity index (χ1) is 5.58. The Labute approximate surface area is 69.5 Å². The number of aryl methyl sites for hydroxylation is 2. The van der Waals surface area contributed by atoms with Crippen molar-refractivity contribution in [2.45, 2.75) is 20.3 Å². The van der Waals surface area contributed by atoms with Crippen LogP contribution in [0.15, 0.2) is 0 Å². The zero-order valence-corrected chi connectivity index (χ0v) is 6.90. The van der Waals surface area contributed by atoms with Crippen LogP contribution in [0.3, 0.4) is 0 Å². The van der Waals surface area contributed by atoms with Crippen LogP contribution in [0.5, 0.6) is 0 Å². The van der Waals surface area contributed by atoms with E-state index in [1.165, 1.54) is 0 Å². The minimum absolute atomic E-state index is 0.149. The third-order valence-electron chi connectivity index (χ3n) is 1.21. The minimum Gasteiger partial charge on any atom is -0.481 e. The quantitative estimate of drug-likeness (QED) is 0.676. The number of carbonyl (C=O) groups is 1. The summed E-state index contributed by atoms with van der Waals surface area (Å²) in [5.74, 6) is 0.491. The number of aliphatic carboxylic acids is 1. The lowest BCUT2D eigenvalue weighted by Gasteiger charge is -1.98. The first-order valence-electron chi connectivity index (χ1n) is 3.48. The minimum atomic E-state index is -0.931. The van der Waals surface area contributed by atoms with E-state index in [1.54, 1.807) is 13.8 Å². The second-order valence-corrected chi connectivity index (χ2v) is 2.42. The van der Waals surface area contributed by atoms with Crippen LogP contribution < -0.4 is 0 Å². The van der Waals surface area contributed by atoms with Crippen molar-refractivity contribution < 1.29 is 9.90 Å². The van der Waals surface area contributed by atoms with Gasteiger partial charge in [0.25, 0.3) is 0 Å². The van der Waals surface area contributed by atoms with Gasteiger partial charge in [0.15, 0.2) is 0 Å². The zero-order valence-electron chi connectivity index (χ0n) is 6.90. The number of rotatable bonds is 2. The van der Waals surface area contributed by atoms with Gasteiger partial charge in [0.2, 0.25) is 0 Å². The molecule has 5 nitrogen and oxygen atoms in total. The molecule has 0 aromatic carbocycles. The Balaban J connectivity index is 2.93. The molecular weight excluding hydrogens is 158 g/mol. The smallest absolute Gasteiger partial charge is 0.311 e. The number of carboxylic acids is 1. The Bertz CT molecular complexity index is 291. The second kappa shape index (κ2) is 3.25. The molecule has 0 aliphatic rings. The van der Waals surface area contributed by atoms with E-state index in [1.807, 2.05) is 0 Å². The van der Waals surface area contributed by atoms with E-state index in [0.717, 1.165) is 0 Å². The topological polar surface area (TPSA) is 76.0 Å². The summed E-state index contributed by atoms with van der Waals surface area (Å²) in [6.07, 6.45) is -0.149. The van der Waals surface area contributed by atoms with E-state index < -0.39 is 5.97 Å². The molecule has 0 unspecified atom stereocenters. The Morgan fingerprint density at radius 1 is 1.25 bits per heavy atom. The van der Waals surface area contributed by atoms with E-state index in [0.29, 0.717) is 17.5 Å². The van der Waals surface area contributed by atoms with Gasteiger partial charge >= 0.3 is 5.97 Å². The summed E-state index contributed by atoms with van der Waals surface area (Å²) in [4.78, 5) is 22.0. The second-order valence-electron chi connectivity index (χ2n) is 2.42. The summed E-state index contributed by atoms with van der Waals surface area (Å²) < 4.78 is 0. The molecule has 64 valence electrons. The van der Waals surface area contributed by atoms with Crippen LogP contribution in [-0.2, 0) is 11.2 Å². The monoisotopic (exact) mass is 167 g/mol. The maximum Gasteiger partial charge on any atom is 0.311 e. The maximum atomic E-state index is 10.3. The Morgan fingerprint density at radius 2 is 1.75 bits per heavy atom. The lowest BCUT2D eigenvalue weighted by atomic mass is 10.4. The van der Waals surface area contributed by atoms with E-state index in [2.05, 4.69) is 15.0 Å². The molecule has 0 amide bonds. The molecule has 1 aromatic heterocycles. The summed E-state index contributed by atoms with van der Waals surface area (Å²) in [6, 6.07) is 0. The van der Waals surface area contributed by atoms with Crippen LogP contribution in [0.4, 0.5) is 0 Å². The van der Waals surface area contributed by atoms with E-state index in [9.17, 15) is 4.79 Å². The molecule has 1 N–H and O–H groups in total. The lowest BCUT2D eigenvalue weighted by Crippen LogP contribution is -2.08. The third-order valence-corrected chi connectivity index (χ3v) is 1.21. The fraction of sp³-hybridized carbons (Fsp3) is 0.429. The van der Waals surface area contributed by atoms with Gasteiger partial charge in [0.05, 0.1) is 0 Å². The molecule has 5 heteroatoms. The summed E-state index contributed by atoms with van der Waals surface area (Å²) in [5.41, 5.74) is 0. The van der Waals surface area contributed by atoms with Crippen molar-refractivity contribution in [2.75, 3.05) is 0 Å². The molecule has 0 aliphatic heterocycles. The summed E-state index contributed by atoms with van der Waals surface area (Å²) >= 11 is 0. The number of hydrogen-bond acceptors (Lipinski definition) is 4. The van der Waals surface area contributed by atoms with Gasteiger partial charge in [-0.1, -0.05) is 0 Å². The van der Waals surface area contributed by atoms with Gasteiger partial charge in [-0.15, -0.1) is 0 Å². The molecule has 0 aliphatic carbocycles. The van der Waals surface area contributed by atoms with Crippen LogP contribution in [0.25, 0.3) is 0 Å². The van der Waals surface area contributed by atoms with Crippen molar-refractivity contribution in [2.24, 2.45) is 0 Å². The number of nitrogens with zero attached hydrogens (tertiary/aromatic N) is 3. The average Bonchev–Trinajstić information content (AvgIpc) is 1.81. The van der Waals surface area contributed by atoms with E-state index in [-0.39, 0.29) is 6.42 Å². The molecule has 0 atom stereocenters. The third kappa shape index (κ3) is 2.26. The average molecular weight is 167 g/mol. The largest absolute Gasteiger partial charge is 0.481 e. The Hall–Kier alpha value is -1.52. The first kappa shape index (κ1) is 8.58. The highest BCUT2D eigenvalue weighted by atomic mass is 16.4. The van der Waals surface area contributed by atoms with Gasteiger partial charge < -0.3 is 5.11 Å². The molecule has 0 fully saturated rings. The van der Waals surface area contributed by atoms with Crippen molar-refractivity contribution >= 4 is 5.97 Å². The fourth-order valence-corrected chi connectivity index (χ4v) is 0.897. The van der Waals surface area contributed by atoms with Crippen molar-refractivity contribution in [1.29, 1.82) is 0 Å². The molecule has 0 radical (unpaired) electrons. The standard InChI is InChI=1S/C7H9N3O2/c1-4-8-5(2)10-6(9-4)3-7(11)12/h3H2,1-2H3,(H,11,12). The number of aromatic nitrogens is 3. The SMILES string of the molecule is Cc1nc(C)nc(CC(=O)O)n1. The number of carboxylic acid groups (broad SMARTS) is 1. The summed E-state index contributed by atoms with van der Waals surface area (Å²) in [6.45, 7) is 3.42. The van der Waals surface area contributed by atoms with Crippen molar-refractivity contribution in [1.82, 2.24) is 15.0 Å². The molecule has 12 heavy (non-hydrogen) atoms. The van der Waals surface area contributed by atoms with Crippen LogP contribution >= 0.6 is 0 Å². The molecule has 1 heterocycles. The number of hydrogen-bond donors (Lipinski definition) is 1. The highest BCUT2D eigenvalue weighted by Gasteiger charge is 2.04. The van der Waals surface area contributed by atoms with E-state index >= 15 is 0 Å². The lowest BCUT2D eigenvalue weighted by molar-refractivity contribution is -0.136. The summed E-state index contributed by atoms with van der Waals surface area (Å²) in [7, 11) is 0. The van der Waals surface area contributed by atoms with Crippen molar-refractivity contribution in [3.05, 3.63) is 17.5 Å². The highest BCUT2D eigenvalue weighted by molar-refractivity contribution is 5.68. The predicted molar refractivity (Wildman–Crippen MR) is 40.6 cm³/mol. The highest BCUT2D eigenvalue weighted by Crippen LogP contribution is 1.94. The van der Waals surface area contributed by atoms with Crippen molar-refractivity contribution in [3.8, 4) is 0 Å². The normalized spacial score (nSPS) is 9.83. The van der Waals surface area contributed by atoms with Gasteiger partial charge in [-0.05, 0) is 13.8 Å². The zero-order chi connectivity index (χ0) is 9.14. The first-order valence-corrected chi connectivity index (χ1v) is 3.48. The van der Waals surface area contributed by atoms with Gasteiger partial charge in [-0.2, -0.15) is 0 Å². The molecule has 0 saturated carbocycles. The molecule has 0 saturated heterocycles. The molecule has 1 aromatic rings.